The van der Waals surface area contributed by atoms with Crippen LogP contribution >= 0.6 is 0 Å². The number of carbonyl (C=O) groups excluding carboxylic acids is 1. The average Bonchev–Trinajstić information content (AvgIpc) is 2.98. The summed E-state index contributed by atoms with van der Waals surface area (Å²) in [6.45, 7) is 2.96. The lowest BCUT2D eigenvalue weighted by Crippen LogP contribution is -2.34. The molecule has 4 rings (SSSR count). The van der Waals surface area contributed by atoms with Gasteiger partial charge in [0.2, 0.25) is 5.91 Å². The molecule has 1 aromatic heterocycles. The SMILES string of the molecule is CC(=O)N1CCc2c(c(Nc3ccc(C4=CNC(N)C=C4)cc3)nn2C)C1. The molecule has 0 radical (unpaired) electrons. The molecule has 1 aromatic carbocycles. The Morgan fingerprint density at radius 2 is 2.11 bits per heavy atom. The summed E-state index contributed by atoms with van der Waals surface area (Å²) >= 11 is 0. The number of rotatable bonds is 3. The lowest BCUT2D eigenvalue weighted by molar-refractivity contribution is -0.129. The maximum absolute atomic E-state index is 11.7. The smallest absolute Gasteiger partial charge is 0.219 e. The average molecular weight is 364 g/mol. The minimum atomic E-state index is -0.125. The van der Waals surface area contributed by atoms with Crippen LogP contribution in [0.5, 0.6) is 0 Å². The van der Waals surface area contributed by atoms with Gasteiger partial charge in [-0.2, -0.15) is 5.10 Å². The minimum absolute atomic E-state index is 0.0990. The van der Waals surface area contributed by atoms with Crippen LogP contribution in [0, 0.1) is 0 Å². The highest BCUT2D eigenvalue weighted by atomic mass is 16.2. The van der Waals surface area contributed by atoms with Crippen LogP contribution in [0.2, 0.25) is 0 Å². The molecule has 0 saturated carbocycles. The molecular weight excluding hydrogens is 340 g/mol. The van der Waals surface area contributed by atoms with Crippen LogP contribution in [0.1, 0.15) is 23.7 Å². The number of nitrogens with zero attached hydrogens (tertiary/aromatic N) is 3. The Hall–Kier alpha value is -3.06. The Bertz CT molecular complexity index is 925. The molecule has 2 aliphatic heterocycles. The molecule has 7 heteroatoms. The molecule has 140 valence electrons. The van der Waals surface area contributed by atoms with E-state index in [9.17, 15) is 4.79 Å². The number of hydrogen-bond donors (Lipinski definition) is 3. The van der Waals surface area contributed by atoms with E-state index in [0.29, 0.717) is 6.54 Å². The number of aryl methyl sites for hydroxylation is 1. The van der Waals surface area contributed by atoms with E-state index in [4.69, 9.17) is 5.73 Å². The maximum atomic E-state index is 11.7. The van der Waals surface area contributed by atoms with Crippen LogP contribution in [0.25, 0.3) is 5.57 Å². The van der Waals surface area contributed by atoms with Crippen molar-refractivity contribution in [2.75, 3.05) is 11.9 Å². The second kappa shape index (κ2) is 6.92. The van der Waals surface area contributed by atoms with Gasteiger partial charge in [0.25, 0.3) is 0 Å². The highest BCUT2D eigenvalue weighted by Crippen LogP contribution is 2.29. The number of allylic oxidation sites excluding steroid dienone is 2. The second-order valence-electron chi connectivity index (χ2n) is 6.94. The van der Waals surface area contributed by atoms with E-state index in [1.54, 1.807) is 6.92 Å². The Balaban J connectivity index is 1.54. The van der Waals surface area contributed by atoms with Crippen LogP contribution in [0.4, 0.5) is 11.5 Å². The monoisotopic (exact) mass is 364 g/mol. The van der Waals surface area contributed by atoms with E-state index in [0.717, 1.165) is 41.2 Å². The summed E-state index contributed by atoms with van der Waals surface area (Å²) in [5.41, 5.74) is 11.2. The highest BCUT2D eigenvalue weighted by Gasteiger charge is 2.25. The summed E-state index contributed by atoms with van der Waals surface area (Å²) in [6.07, 6.45) is 6.59. The lowest BCUT2D eigenvalue weighted by atomic mass is 10.0. The van der Waals surface area contributed by atoms with Gasteiger partial charge in [-0.3, -0.25) is 9.48 Å². The van der Waals surface area contributed by atoms with Gasteiger partial charge in [-0.15, -0.1) is 0 Å². The normalized spacial score (nSPS) is 18.6. The number of carbonyl (C=O) groups is 1. The van der Waals surface area contributed by atoms with Crippen LogP contribution in [-0.2, 0) is 24.8 Å². The third-order valence-electron chi connectivity index (χ3n) is 5.08. The molecule has 27 heavy (non-hydrogen) atoms. The number of dihydropyridines is 1. The zero-order valence-corrected chi connectivity index (χ0v) is 15.6. The van der Waals surface area contributed by atoms with E-state index >= 15 is 0 Å². The molecule has 4 N–H and O–H groups in total. The summed E-state index contributed by atoms with van der Waals surface area (Å²) in [6, 6.07) is 8.19. The number of nitrogens with one attached hydrogen (secondary N) is 2. The maximum Gasteiger partial charge on any atom is 0.219 e. The molecule has 1 amide bonds. The highest BCUT2D eigenvalue weighted by molar-refractivity contribution is 5.76. The number of hydrogen-bond acceptors (Lipinski definition) is 5. The Morgan fingerprint density at radius 1 is 1.33 bits per heavy atom. The van der Waals surface area contributed by atoms with Crippen molar-refractivity contribution >= 4 is 23.0 Å². The fourth-order valence-corrected chi connectivity index (χ4v) is 3.52. The summed E-state index contributed by atoms with van der Waals surface area (Å²) in [4.78, 5) is 13.6. The number of aromatic nitrogens is 2. The van der Waals surface area contributed by atoms with Crippen LogP contribution in [0.3, 0.4) is 0 Å². The molecule has 0 fully saturated rings. The molecule has 7 nitrogen and oxygen atoms in total. The molecule has 1 atom stereocenters. The topological polar surface area (TPSA) is 88.2 Å². The number of nitrogens with two attached hydrogens (primary N) is 1. The molecule has 0 spiro atoms. The van der Waals surface area contributed by atoms with Gasteiger partial charge in [0.15, 0.2) is 5.82 Å². The molecule has 0 bridgehead atoms. The Labute approximate surface area is 158 Å². The van der Waals surface area contributed by atoms with Gasteiger partial charge in [-0.05, 0) is 29.3 Å². The number of anilines is 2. The largest absolute Gasteiger partial charge is 0.372 e. The van der Waals surface area contributed by atoms with Gasteiger partial charge in [0.1, 0.15) is 0 Å². The predicted molar refractivity (Wildman–Crippen MR) is 106 cm³/mol. The summed E-state index contributed by atoms with van der Waals surface area (Å²) in [7, 11) is 1.95. The number of fused-ring (bicyclic) bond motifs is 1. The van der Waals surface area contributed by atoms with Gasteiger partial charge >= 0.3 is 0 Å². The zero-order chi connectivity index (χ0) is 19.0. The molecular formula is C20H24N6O. The molecule has 0 saturated heterocycles. The van der Waals surface area contributed by atoms with Crippen LogP contribution < -0.4 is 16.4 Å². The van der Waals surface area contributed by atoms with Crippen LogP contribution in [0.15, 0.2) is 42.6 Å². The third kappa shape index (κ3) is 3.46. The van der Waals surface area contributed by atoms with E-state index in [-0.39, 0.29) is 12.1 Å². The quantitative estimate of drug-likeness (QED) is 0.774. The first-order valence-electron chi connectivity index (χ1n) is 9.09. The fourth-order valence-electron chi connectivity index (χ4n) is 3.52. The minimum Gasteiger partial charge on any atom is -0.372 e. The van der Waals surface area contributed by atoms with Crippen molar-refractivity contribution in [3.63, 3.8) is 0 Å². The fraction of sp³-hybridized carbons (Fsp3) is 0.300. The lowest BCUT2D eigenvalue weighted by Gasteiger charge is -2.26. The molecule has 2 aliphatic rings. The molecule has 0 aliphatic carbocycles. The summed E-state index contributed by atoms with van der Waals surface area (Å²) in [5.74, 6) is 0.914. The first kappa shape index (κ1) is 17.4. The van der Waals surface area contributed by atoms with E-state index in [1.165, 1.54) is 5.69 Å². The summed E-state index contributed by atoms with van der Waals surface area (Å²) in [5, 5.41) is 11.1. The van der Waals surface area contributed by atoms with Crippen molar-refractivity contribution in [1.82, 2.24) is 20.0 Å². The van der Waals surface area contributed by atoms with Gasteiger partial charge in [-0.1, -0.05) is 18.2 Å². The van der Waals surface area contributed by atoms with Crippen molar-refractivity contribution < 1.29 is 4.79 Å². The first-order chi connectivity index (χ1) is 13.0. The van der Waals surface area contributed by atoms with E-state index in [2.05, 4.69) is 27.9 Å². The van der Waals surface area contributed by atoms with Crippen molar-refractivity contribution in [2.24, 2.45) is 12.8 Å². The Kier molecular flexibility index (Phi) is 4.45. The van der Waals surface area contributed by atoms with Gasteiger partial charge in [0, 0.05) is 50.1 Å². The molecule has 1 unspecified atom stereocenters. The number of amides is 1. The van der Waals surface area contributed by atoms with Gasteiger partial charge < -0.3 is 21.3 Å². The van der Waals surface area contributed by atoms with E-state index < -0.39 is 0 Å². The van der Waals surface area contributed by atoms with E-state index in [1.807, 2.05) is 47.1 Å². The van der Waals surface area contributed by atoms with Crippen molar-refractivity contribution in [3.05, 3.63) is 59.4 Å². The standard InChI is InChI=1S/C20H24N6O/c1-13(27)26-10-9-18-17(12-26)20(24-25(18)2)23-16-6-3-14(4-7-16)15-5-8-19(21)22-11-15/h3-8,11,19,22H,9-10,12,21H2,1-2H3,(H,23,24). The second-order valence-corrected chi connectivity index (χ2v) is 6.94. The third-order valence-corrected chi connectivity index (χ3v) is 5.08. The van der Waals surface area contributed by atoms with Crippen molar-refractivity contribution in [1.29, 1.82) is 0 Å². The van der Waals surface area contributed by atoms with Gasteiger partial charge in [-0.25, -0.2) is 0 Å². The number of benzene rings is 1. The molecule has 2 aromatic rings. The zero-order valence-electron chi connectivity index (χ0n) is 15.6. The first-order valence-corrected chi connectivity index (χ1v) is 9.09. The summed E-state index contributed by atoms with van der Waals surface area (Å²) < 4.78 is 1.91. The van der Waals surface area contributed by atoms with Gasteiger partial charge in [0.05, 0.1) is 12.7 Å². The van der Waals surface area contributed by atoms with Crippen molar-refractivity contribution in [2.45, 2.75) is 26.1 Å². The molecule has 3 heterocycles. The predicted octanol–water partition coefficient (Wildman–Crippen LogP) is 1.85. The Morgan fingerprint density at radius 3 is 2.78 bits per heavy atom. The van der Waals surface area contributed by atoms with Crippen LogP contribution in [-0.4, -0.2) is 33.3 Å². The van der Waals surface area contributed by atoms with Crippen molar-refractivity contribution in [3.8, 4) is 0 Å².